The van der Waals surface area contributed by atoms with Crippen molar-refractivity contribution in [3.63, 3.8) is 0 Å². The van der Waals surface area contributed by atoms with Crippen molar-refractivity contribution >= 4 is 44.4 Å². The van der Waals surface area contributed by atoms with Gasteiger partial charge < -0.3 is 0 Å². The molecule has 0 atom stereocenters. The van der Waals surface area contributed by atoms with Gasteiger partial charge in [0, 0.05) is 20.1 Å². The highest BCUT2D eigenvalue weighted by Gasteiger charge is 2.09. The number of carbonyl (C=O) groups is 2. The third-order valence-corrected chi connectivity index (χ3v) is 3.74. The van der Waals surface area contributed by atoms with Crippen LogP contribution in [0.2, 0.25) is 0 Å². The van der Waals surface area contributed by atoms with Gasteiger partial charge in [-0.15, -0.1) is 0 Å². The summed E-state index contributed by atoms with van der Waals surface area (Å²) < 4.78 is 1.78. The number of hydrogen-bond acceptors (Lipinski definition) is 2. The lowest BCUT2D eigenvalue weighted by Gasteiger charge is -2.09. The Bertz CT molecular complexity index is 621. The van der Waals surface area contributed by atoms with Crippen LogP contribution in [-0.4, -0.2) is 12.6 Å². The van der Waals surface area contributed by atoms with Crippen LogP contribution in [0.4, 0.5) is 0 Å². The molecule has 0 aliphatic carbocycles. The summed E-state index contributed by atoms with van der Waals surface area (Å²) in [4.78, 5) is 21.9. The highest BCUT2D eigenvalue weighted by molar-refractivity contribution is 9.11. The lowest BCUT2D eigenvalue weighted by Crippen LogP contribution is -1.91. The average molecular weight is 368 g/mol. The molecule has 90 valence electrons. The van der Waals surface area contributed by atoms with Crippen molar-refractivity contribution < 1.29 is 9.59 Å². The van der Waals surface area contributed by atoms with E-state index in [1.807, 2.05) is 18.2 Å². The van der Waals surface area contributed by atoms with E-state index >= 15 is 0 Å². The Labute approximate surface area is 121 Å². The van der Waals surface area contributed by atoms with E-state index in [-0.39, 0.29) is 0 Å². The highest BCUT2D eigenvalue weighted by atomic mass is 79.9. The maximum Gasteiger partial charge on any atom is 0.150 e. The summed E-state index contributed by atoms with van der Waals surface area (Å²) in [5.41, 5.74) is 2.71. The Morgan fingerprint density at radius 1 is 0.833 bits per heavy atom. The van der Waals surface area contributed by atoms with Crippen LogP contribution in [0.15, 0.2) is 45.3 Å². The molecule has 0 bridgehead atoms. The van der Waals surface area contributed by atoms with Crippen LogP contribution in [0.25, 0.3) is 11.1 Å². The van der Waals surface area contributed by atoms with Crippen LogP contribution in [-0.2, 0) is 0 Å². The SMILES string of the molecule is O=Cc1ccc(C=O)c(-c2cc(Br)ccc2Br)c1. The number of aldehydes is 2. The number of carbonyl (C=O) groups excluding carboxylic acids is 2. The van der Waals surface area contributed by atoms with E-state index in [2.05, 4.69) is 31.9 Å². The van der Waals surface area contributed by atoms with Crippen LogP contribution >= 0.6 is 31.9 Å². The van der Waals surface area contributed by atoms with E-state index < -0.39 is 0 Å². The molecular weight excluding hydrogens is 360 g/mol. The Hall–Kier alpha value is -1.26. The Balaban J connectivity index is 2.71. The molecule has 0 heterocycles. The van der Waals surface area contributed by atoms with Gasteiger partial charge in [0.25, 0.3) is 0 Å². The van der Waals surface area contributed by atoms with Gasteiger partial charge in [0.1, 0.15) is 6.29 Å². The summed E-state index contributed by atoms with van der Waals surface area (Å²) >= 11 is 6.85. The molecule has 0 radical (unpaired) electrons. The first-order chi connectivity index (χ1) is 8.65. The molecule has 4 heteroatoms. The largest absolute Gasteiger partial charge is 0.298 e. The van der Waals surface area contributed by atoms with Gasteiger partial charge in [0.2, 0.25) is 0 Å². The first-order valence-electron chi connectivity index (χ1n) is 5.15. The van der Waals surface area contributed by atoms with Crippen molar-refractivity contribution in [3.05, 3.63) is 56.5 Å². The van der Waals surface area contributed by atoms with Crippen LogP contribution in [0.3, 0.4) is 0 Å². The summed E-state index contributed by atoms with van der Waals surface area (Å²) in [6.07, 6.45) is 1.56. The summed E-state index contributed by atoms with van der Waals surface area (Å²) in [5, 5.41) is 0. The quantitative estimate of drug-likeness (QED) is 0.748. The van der Waals surface area contributed by atoms with Gasteiger partial charge in [-0.05, 0) is 35.4 Å². The Morgan fingerprint density at radius 3 is 2.28 bits per heavy atom. The Morgan fingerprint density at radius 2 is 1.61 bits per heavy atom. The first kappa shape index (κ1) is 13.2. The fraction of sp³-hybridized carbons (Fsp3) is 0. The summed E-state index contributed by atoms with van der Waals surface area (Å²) in [7, 11) is 0. The van der Waals surface area contributed by atoms with Gasteiger partial charge in [-0.3, -0.25) is 9.59 Å². The first-order valence-corrected chi connectivity index (χ1v) is 6.74. The molecule has 0 unspecified atom stereocenters. The van der Waals surface area contributed by atoms with E-state index in [4.69, 9.17) is 0 Å². The second kappa shape index (κ2) is 5.59. The number of hydrogen-bond donors (Lipinski definition) is 0. The lowest BCUT2D eigenvalue weighted by atomic mass is 9.98. The van der Waals surface area contributed by atoms with Gasteiger partial charge in [-0.1, -0.05) is 44.0 Å². The van der Waals surface area contributed by atoms with E-state index in [1.54, 1.807) is 18.2 Å². The highest BCUT2D eigenvalue weighted by Crippen LogP contribution is 2.33. The van der Waals surface area contributed by atoms with Crippen LogP contribution in [0.5, 0.6) is 0 Å². The topological polar surface area (TPSA) is 34.1 Å². The zero-order valence-corrected chi connectivity index (χ0v) is 12.4. The number of benzene rings is 2. The van der Waals surface area contributed by atoms with Crippen molar-refractivity contribution in [1.82, 2.24) is 0 Å². The molecule has 2 rings (SSSR count). The molecule has 0 fully saturated rings. The van der Waals surface area contributed by atoms with E-state index in [0.29, 0.717) is 11.1 Å². The van der Waals surface area contributed by atoms with Crippen LogP contribution in [0.1, 0.15) is 20.7 Å². The molecule has 2 aromatic carbocycles. The fourth-order valence-electron chi connectivity index (χ4n) is 1.69. The predicted octanol–water partition coefficient (Wildman–Crippen LogP) is 4.50. The van der Waals surface area contributed by atoms with Crippen molar-refractivity contribution in [2.75, 3.05) is 0 Å². The smallest absolute Gasteiger partial charge is 0.150 e. The molecule has 0 amide bonds. The molecule has 2 aromatic rings. The molecular formula is C14H8Br2O2. The van der Waals surface area contributed by atoms with Crippen LogP contribution < -0.4 is 0 Å². The number of halogens is 2. The minimum absolute atomic E-state index is 0.544. The Kier molecular flexibility index (Phi) is 4.09. The molecule has 18 heavy (non-hydrogen) atoms. The standard InChI is InChI=1S/C14H8Br2O2/c15-11-3-4-14(16)13(6-11)12-5-9(7-17)1-2-10(12)8-18/h1-8H. The van der Waals surface area contributed by atoms with Crippen LogP contribution in [0, 0.1) is 0 Å². The molecule has 0 aliphatic heterocycles. The molecule has 0 spiro atoms. The van der Waals surface area contributed by atoms with Gasteiger partial charge in [-0.2, -0.15) is 0 Å². The van der Waals surface area contributed by atoms with Gasteiger partial charge in [0.15, 0.2) is 6.29 Å². The maximum absolute atomic E-state index is 11.1. The molecule has 2 nitrogen and oxygen atoms in total. The summed E-state index contributed by atoms with van der Waals surface area (Å²) in [6, 6.07) is 10.7. The third kappa shape index (κ3) is 2.60. The predicted molar refractivity (Wildman–Crippen MR) is 78.1 cm³/mol. The second-order valence-electron chi connectivity index (χ2n) is 3.71. The van der Waals surface area contributed by atoms with Crippen molar-refractivity contribution in [2.24, 2.45) is 0 Å². The average Bonchev–Trinajstić information content (AvgIpc) is 2.40. The van der Waals surface area contributed by atoms with Crippen molar-refractivity contribution in [1.29, 1.82) is 0 Å². The molecule has 0 aromatic heterocycles. The maximum atomic E-state index is 11.1. The minimum Gasteiger partial charge on any atom is -0.298 e. The van der Waals surface area contributed by atoms with Gasteiger partial charge in [-0.25, -0.2) is 0 Å². The normalized spacial score (nSPS) is 10.1. The minimum atomic E-state index is 0.544. The molecule has 0 saturated heterocycles. The summed E-state index contributed by atoms with van der Waals surface area (Å²) in [5.74, 6) is 0. The molecule has 0 N–H and O–H groups in total. The fourth-order valence-corrected chi connectivity index (χ4v) is 2.51. The lowest BCUT2D eigenvalue weighted by molar-refractivity contribution is 0.111. The zero-order valence-electron chi connectivity index (χ0n) is 9.19. The number of rotatable bonds is 3. The van der Waals surface area contributed by atoms with E-state index in [0.717, 1.165) is 32.6 Å². The van der Waals surface area contributed by atoms with Crippen molar-refractivity contribution in [3.8, 4) is 11.1 Å². The third-order valence-electron chi connectivity index (χ3n) is 2.56. The monoisotopic (exact) mass is 366 g/mol. The van der Waals surface area contributed by atoms with Gasteiger partial charge in [0.05, 0.1) is 0 Å². The van der Waals surface area contributed by atoms with Gasteiger partial charge >= 0.3 is 0 Å². The zero-order chi connectivity index (χ0) is 13.1. The molecule has 0 saturated carbocycles. The second-order valence-corrected chi connectivity index (χ2v) is 5.48. The van der Waals surface area contributed by atoms with E-state index in [9.17, 15) is 9.59 Å². The summed E-state index contributed by atoms with van der Waals surface area (Å²) in [6.45, 7) is 0. The van der Waals surface area contributed by atoms with Crippen molar-refractivity contribution in [2.45, 2.75) is 0 Å². The molecule has 0 aliphatic rings. The van der Waals surface area contributed by atoms with E-state index in [1.165, 1.54) is 0 Å².